The first-order valence-corrected chi connectivity index (χ1v) is 11.6. The molecule has 0 amide bonds. The smallest absolute Gasteiger partial charge is 0.339 e. The maximum atomic E-state index is 13.1. The molecule has 2 fully saturated rings. The lowest BCUT2D eigenvalue weighted by Gasteiger charge is -2.56. The van der Waals surface area contributed by atoms with E-state index in [9.17, 15) is 19.8 Å². The van der Waals surface area contributed by atoms with Crippen molar-refractivity contribution in [2.75, 3.05) is 20.3 Å². The summed E-state index contributed by atoms with van der Waals surface area (Å²) in [5.74, 6) is -4.56. The molecule has 4 aliphatic rings. The fraction of sp³-hybridized carbons (Fsp3) is 0.680. The molecule has 2 aliphatic carbocycles. The highest BCUT2D eigenvalue weighted by molar-refractivity contribution is 5.92. The van der Waals surface area contributed by atoms with Crippen molar-refractivity contribution in [2.24, 2.45) is 23.7 Å². The molecule has 33 heavy (non-hydrogen) atoms. The molecule has 8 heteroatoms. The maximum Gasteiger partial charge on any atom is 0.339 e. The van der Waals surface area contributed by atoms with Crippen LogP contribution < -0.4 is 0 Å². The van der Waals surface area contributed by atoms with Crippen molar-refractivity contribution in [1.29, 1.82) is 0 Å². The van der Waals surface area contributed by atoms with Gasteiger partial charge in [-0.05, 0) is 39.7 Å². The zero-order chi connectivity index (χ0) is 24.3. The Labute approximate surface area is 194 Å². The first-order valence-electron chi connectivity index (χ1n) is 11.6. The predicted molar refractivity (Wildman–Crippen MR) is 118 cm³/mol. The van der Waals surface area contributed by atoms with Gasteiger partial charge in [-0.3, -0.25) is 0 Å². The minimum atomic E-state index is -1.38. The van der Waals surface area contributed by atoms with Crippen molar-refractivity contribution < 1.29 is 38.7 Å². The second-order valence-corrected chi connectivity index (χ2v) is 9.85. The topological polar surface area (TPSA) is 112 Å². The normalized spacial score (nSPS) is 43.2. The average Bonchev–Trinajstić information content (AvgIpc) is 3.15. The number of rotatable bonds is 6. The number of aliphatic hydroxyl groups excluding tert-OH is 1. The van der Waals surface area contributed by atoms with Crippen molar-refractivity contribution in [3.8, 4) is 0 Å². The third-order valence-electron chi connectivity index (χ3n) is 7.76. The lowest BCUT2D eigenvalue weighted by atomic mass is 9.57. The summed E-state index contributed by atoms with van der Waals surface area (Å²) in [6.07, 6.45) is 2.89. The van der Waals surface area contributed by atoms with Crippen LogP contribution in [0.15, 0.2) is 35.5 Å². The number of aliphatic hydroxyl groups is 2. The van der Waals surface area contributed by atoms with Crippen LogP contribution >= 0.6 is 0 Å². The summed E-state index contributed by atoms with van der Waals surface area (Å²) < 4.78 is 23.2. The van der Waals surface area contributed by atoms with Gasteiger partial charge in [-0.1, -0.05) is 18.2 Å². The van der Waals surface area contributed by atoms with Gasteiger partial charge in [-0.25, -0.2) is 9.59 Å². The molecule has 0 aromatic rings. The van der Waals surface area contributed by atoms with E-state index in [1.807, 2.05) is 13.8 Å². The van der Waals surface area contributed by atoms with Crippen molar-refractivity contribution in [3.63, 3.8) is 0 Å². The van der Waals surface area contributed by atoms with Crippen LogP contribution in [0.4, 0.5) is 0 Å². The second kappa shape index (κ2) is 8.05. The summed E-state index contributed by atoms with van der Waals surface area (Å²) in [4.78, 5) is 25.9. The summed E-state index contributed by atoms with van der Waals surface area (Å²) in [6, 6.07) is 0. The molecule has 1 saturated heterocycles. The van der Waals surface area contributed by atoms with Gasteiger partial charge >= 0.3 is 11.9 Å². The van der Waals surface area contributed by atoms with Crippen LogP contribution in [0.1, 0.15) is 40.5 Å². The zero-order valence-corrected chi connectivity index (χ0v) is 19.9. The maximum absolute atomic E-state index is 13.1. The van der Waals surface area contributed by atoms with Gasteiger partial charge < -0.3 is 29.2 Å². The number of ether oxygens (including phenoxy) is 4. The van der Waals surface area contributed by atoms with Crippen molar-refractivity contribution in [3.05, 3.63) is 35.5 Å². The second-order valence-electron chi connectivity index (χ2n) is 9.85. The van der Waals surface area contributed by atoms with Gasteiger partial charge in [0.1, 0.15) is 5.60 Å². The van der Waals surface area contributed by atoms with E-state index in [0.717, 1.165) is 5.57 Å². The van der Waals surface area contributed by atoms with Gasteiger partial charge in [-0.2, -0.15) is 0 Å². The van der Waals surface area contributed by atoms with Gasteiger partial charge in [0.25, 0.3) is 0 Å². The molecule has 4 rings (SSSR count). The number of fused-ring (bicyclic) bond motifs is 2. The van der Waals surface area contributed by atoms with E-state index < -0.39 is 52.8 Å². The van der Waals surface area contributed by atoms with Crippen LogP contribution in [0.25, 0.3) is 0 Å². The van der Waals surface area contributed by atoms with Gasteiger partial charge in [0.2, 0.25) is 5.79 Å². The number of carbonyl (C=O) groups is 2. The van der Waals surface area contributed by atoms with Crippen molar-refractivity contribution in [1.82, 2.24) is 0 Å². The molecule has 8 atom stereocenters. The lowest BCUT2D eigenvalue weighted by molar-refractivity contribution is -0.307. The third-order valence-corrected chi connectivity index (χ3v) is 7.76. The molecule has 2 aliphatic heterocycles. The first-order chi connectivity index (χ1) is 15.5. The molecule has 1 spiro atoms. The fourth-order valence-electron chi connectivity index (χ4n) is 6.73. The molecule has 8 unspecified atom stereocenters. The van der Waals surface area contributed by atoms with Gasteiger partial charge in [-0.15, -0.1) is 0 Å². The number of hydrogen-bond acceptors (Lipinski definition) is 8. The highest BCUT2D eigenvalue weighted by atomic mass is 16.7. The van der Waals surface area contributed by atoms with Crippen LogP contribution in [0.2, 0.25) is 0 Å². The van der Waals surface area contributed by atoms with Crippen LogP contribution in [0.5, 0.6) is 0 Å². The van der Waals surface area contributed by atoms with Gasteiger partial charge in [0, 0.05) is 42.8 Å². The Morgan fingerprint density at radius 2 is 1.94 bits per heavy atom. The van der Waals surface area contributed by atoms with Crippen molar-refractivity contribution >= 4 is 11.9 Å². The largest absolute Gasteiger partial charge is 0.466 e. The molecular formula is C25H34O8. The van der Waals surface area contributed by atoms with E-state index in [4.69, 9.17) is 18.9 Å². The fourth-order valence-corrected chi connectivity index (χ4v) is 6.73. The molecule has 0 aromatic carbocycles. The molecule has 8 nitrogen and oxygen atoms in total. The monoisotopic (exact) mass is 462 g/mol. The molecular weight excluding hydrogens is 428 g/mol. The first kappa shape index (κ1) is 24.1. The minimum absolute atomic E-state index is 0.0520. The summed E-state index contributed by atoms with van der Waals surface area (Å²) in [6.45, 7) is 11.7. The van der Waals surface area contributed by atoms with E-state index in [1.165, 1.54) is 7.11 Å². The predicted octanol–water partition coefficient (Wildman–Crippen LogP) is 2.05. The number of esters is 2. The average molecular weight is 463 g/mol. The Morgan fingerprint density at radius 3 is 2.52 bits per heavy atom. The zero-order valence-electron chi connectivity index (χ0n) is 19.9. The quantitative estimate of drug-likeness (QED) is 0.456. The molecule has 2 N–H and O–H groups in total. The Morgan fingerprint density at radius 1 is 1.24 bits per heavy atom. The Bertz CT molecular complexity index is 933. The summed E-state index contributed by atoms with van der Waals surface area (Å²) in [5, 5.41) is 22.5. The summed E-state index contributed by atoms with van der Waals surface area (Å²) in [7, 11) is 1.30. The van der Waals surface area contributed by atoms with Crippen LogP contribution in [-0.2, 0) is 28.5 Å². The summed E-state index contributed by atoms with van der Waals surface area (Å²) in [5.41, 5.74) is -1.17. The van der Waals surface area contributed by atoms with Crippen molar-refractivity contribution in [2.45, 2.75) is 63.6 Å². The third kappa shape index (κ3) is 3.33. The molecule has 2 bridgehead atoms. The molecule has 2 heterocycles. The SMILES string of the molecule is C=C(C)C1CC2(OCC)OC3(C=C2C(=O)OCC)C1C=C(C(=O)OC)C1C(O)CC(C)(O)C13. The number of allylic oxidation sites excluding steroid dienone is 1. The van der Waals surface area contributed by atoms with Gasteiger partial charge in [0.05, 0.1) is 31.0 Å². The Balaban J connectivity index is 2.00. The lowest BCUT2D eigenvalue weighted by Crippen LogP contribution is -2.63. The standard InChI is InChI=1S/C25H34O8/c1-7-31-22(28)17-11-24-16(15(13(3)4)10-25(17,33-24)32-8-2)9-14(21(27)30-6)19-18(26)12-23(5,29)20(19)24/h9,11,15-16,18-20,26,29H,3,7-8,10,12H2,1-2,4-6H3. The highest BCUT2D eigenvalue weighted by Gasteiger charge is 2.73. The number of hydrogen-bond donors (Lipinski definition) is 2. The van der Waals surface area contributed by atoms with E-state index in [-0.39, 0.29) is 31.1 Å². The Hall–Kier alpha value is -2.00. The van der Waals surface area contributed by atoms with E-state index >= 15 is 0 Å². The van der Waals surface area contributed by atoms with E-state index in [0.29, 0.717) is 12.0 Å². The Kier molecular flexibility index (Phi) is 5.88. The van der Waals surface area contributed by atoms with Gasteiger partial charge in [0.15, 0.2) is 0 Å². The van der Waals surface area contributed by atoms with E-state index in [1.54, 1.807) is 26.0 Å². The van der Waals surface area contributed by atoms with Crippen LogP contribution in [-0.4, -0.2) is 65.6 Å². The number of carbonyl (C=O) groups excluding carboxylic acids is 2. The summed E-state index contributed by atoms with van der Waals surface area (Å²) >= 11 is 0. The minimum Gasteiger partial charge on any atom is -0.466 e. The number of methoxy groups -OCH3 is 1. The molecule has 0 aromatic heterocycles. The van der Waals surface area contributed by atoms with E-state index in [2.05, 4.69) is 6.58 Å². The molecule has 1 saturated carbocycles. The molecule has 0 radical (unpaired) electrons. The van der Waals surface area contributed by atoms with Crippen LogP contribution in [0, 0.1) is 23.7 Å². The molecule has 182 valence electrons. The highest BCUT2D eigenvalue weighted by Crippen LogP contribution is 2.66. The van der Waals surface area contributed by atoms with Crippen LogP contribution in [0.3, 0.4) is 0 Å².